The quantitative estimate of drug-likeness (QED) is 0.561. The van der Waals surface area contributed by atoms with E-state index in [4.69, 9.17) is 13.9 Å². The minimum Gasteiger partial charge on any atom is -0.408 e. The summed E-state index contributed by atoms with van der Waals surface area (Å²) in [6, 6.07) is 0. The third kappa shape index (κ3) is 5.00. The molecule has 0 amide bonds. The largest absolute Gasteiger partial charge is 0.408 e. The number of hydrogen-bond acceptors (Lipinski definition) is 4. The minimum atomic E-state index is -1.99. The smallest absolute Gasteiger partial charge is 0.193 e. The first-order chi connectivity index (χ1) is 10.3. The van der Waals surface area contributed by atoms with Crippen LogP contribution < -0.4 is 0 Å². The molecule has 1 heterocycles. The molecule has 4 atom stereocenters. The molecule has 1 N–H and O–H groups in total. The van der Waals surface area contributed by atoms with E-state index in [1.807, 2.05) is 13.8 Å². The van der Waals surface area contributed by atoms with Gasteiger partial charge in [0, 0.05) is 0 Å². The van der Waals surface area contributed by atoms with Gasteiger partial charge in [-0.05, 0) is 38.4 Å². The van der Waals surface area contributed by atoms with Crippen LogP contribution in [0, 0.1) is 0 Å². The lowest BCUT2D eigenvalue weighted by Crippen LogP contribution is -2.50. The maximum Gasteiger partial charge on any atom is 0.193 e. The summed E-state index contributed by atoms with van der Waals surface area (Å²) in [6.45, 7) is 22.3. The predicted molar refractivity (Wildman–Crippen MR) is 96.9 cm³/mol. The van der Waals surface area contributed by atoms with Crippen molar-refractivity contribution in [3.8, 4) is 0 Å². The van der Waals surface area contributed by atoms with Gasteiger partial charge in [-0.3, -0.25) is 0 Å². The molecule has 0 aromatic carbocycles. The number of ether oxygens (including phenoxy) is 2. The highest BCUT2D eigenvalue weighted by atomic mass is 28.4. The fourth-order valence-corrected chi connectivity index (χ4v) is 3.70. The molecule has 134 valence electrons. The lowest BCUT2D eigenvalue weighted by molar-refractivity contribution is -0.158. The van der Waals surface area contributed by atoms with Crippen molar-refractivity contribution in [2.75, 3.05) is 0 Å². The van der Waals surface area contributed by atoms with Crippen molar-refractivity contribution in [2.45, 2.75) is 89.4 Å². The lowest BCUT2D eigenvalue weighted by Gasteiger charge is -2.40. The van der Waals surface area contributed by atoms with Crippen LogP contribution in [0.1, 0.15) is 41.0 Å². The molecule has 1 saturated heterocycles. The molecule has 0 aromatic rings. The molecule has 0 radical (unpaired) electrons. The molecule has 0 aliphatic carbocycles. The third-order valence-corrected chi connectivity index (χ3v) is 9.22. The van der Waals surface area contributed by atoms with E-state index in [0.29, 0.717) is 6.42 Å². The number of aliphatic hydroxyl groups is 1. The SMILES string of the molecule is C=CC[C@@H](O)[C@H]1OC(C)(C)O[C@H]1[C@@H](C=C)O[Si](C)(C)C(C)(C)C. The van der Waals surface area contributed by atoms with Gasteiger partial charge in [0.2, 0.25) is 0 Å². The standard InChI is InChI=1S/C18H34O4Si/c1-10-12-13(19)15-16(21-18(6,7)20-15)14(11-2)22-23(8,9)17(3,4)5/h10-11,13-16,19H,1-2,12H2,3-9H3/t13-,14-,15-,16+/m1/s1. The summed E-state index contributed by atoms with van der Waals surface area (Å²) in [5, 5.41) is 10.5. The second-order valence-corrected chi connectivity index (χ2v) is 13.0. The number of rotatable bonds is 7. The summed E-state index contributed by atoms with van der Waals surface area (Å²) < 4.78 is 18.4. The monoisotopic (exact) mass is 342 g/mol. The molecule has 1 aliphatic heterocycles. The second-order valence-electron chi connectivity index (χ2n) is 8.23. The van der Waals surface area contributed by atoms with E-state index in [2.05, 4.69) is 47.0 Å². The third-order valence-electron chi connectivity index (χ3n) is 4.74. The molecular formula is C18H34O4Si. The molecule has 1 aliphatic rings. The number of aliphatic hydroxyl groups excluding tert-OH is 1. The Morgan fingerprint density at radius 2 is 1.74 bits per heavy atom. The van der Waals surface area contributed by atoms with Crippen LogP contribution in [0.25, 0.3) is 0 Å². The van der Waals surface area contributed by atoms with Gasteiger partial charge in [-0.25, -0.2) is 0 Å². The predicted octanol–water partition coefficient (Wildman–Crippen LogP) is 4.02. The van der Waals surface area contributed by atoms with Crippen molar-refractivity contribution < 1.29 is 19.0 Å². The first-order valence-corrected chi connectivity index (χ1v) is 11.2. The molecule has 4 nitrogen and oxygen atoms in total. The van der Waals surface area contributed by atoms with Crippen LogP contribution in [0.4, 0.5) is 0 Å². The molecule has 0 spiro atoms. The molecule has 1 rings (SSSR count). The Morgan fingerprint density at radius 3 is 2.17 bits per heavy atom. The highest BCUT2D eigenvalue weighted by Crippen LogP contribution is 2.40. The van der Waals surface area contributed by atoms with Gasteiger partial charge in [0.1, 0.15) is 12.2 Å². The first kappa shape index (κ1) is 20.6. The molecule has 1 fully saturated rings. The summed E-state index contributed by atoms with van der Waals surface area (Å²) in [5.74, 6) is -0.754. The topological polar surface area (TPSA) is 47.9 Å². The van der Waals surface area contributed by atoms with E-state index in [1.54, 1.807) is 12.2 Å². The van der Waals surface area contributed by atoms with Gasteiger partial charge in [-0.15, -0.1) is 13.2 Å². The first-order valence-electron chi connectivity index (χ1n) is 8.29. The summed E-state index contributed by atoms with van der Waals surface area (Å²) >= 11 is 0. The summed E-state index contributed by atoms with van der Waals surface area (Å²) in [7, 11) is -1.99. The van der Waals surface area contributed by atoms with Crippen LogP contribution in [-0.4, -0.2) is 43.6 Å². The fourth-order valence-electron chi connectivity index (χ4n) is 2.44. The highest BCUT2D eigenvalue weighted by molar-refractivity contribution is 6.74. The minimum absolute atomic E-state index is 0.0818. The van der Waals surface area contributed by atoms with Gasteiger partial charge in [-0.2, -0.15) is 0 Å². The van der Waals surface area contributed by atoms with E-state index in [0.717, 1.165) is 0 Å². The molecule has 0 unspecified atom stereocenters. The maximum atomic E-state index is 10.4. The molecule has 0 saturated carbocycles. The van der Waals surface area contributed by atoms with Gasteiger partial charge in [-0.1, -0.05) is 32.9 Å². The number of hydrogen-bond donors (Lipinski definition) is 1. The Labute approximate surface area is 142 Å². The van der Waals surface area contributed by atoms with Crippen LogP contribution >= 0.6 is 0 Å². The Kier molecular flexibility index (Phi) is 6.44. The van der Waals surface area contributed by atoms with Crippen molar-refractivity contribution >= 4 is 8.32 Å². The fraction of sp³-hybridized carbons (Fsp3) is 0.778. The molecule has 0 aromatic heterocycles. The van der Waals surface area contributed by atoms with Crippen LogP contribution in [0.3, 0.4) is 0 Å². The Balaban J connectivity index is 3.01. The average molecular weight is 343 g/mol. The van der Waals surface area contributed by atoms with Crippen LogP contribution in [0.15, 0.2) is 25.3 Å². The Hall–Kier alpha value is -0.463. The van der Waals surface area contributed by atoms with Gasteiger partial charge < -0.3 is 19.0 Å². The normalized spacial score (nSPS) is 27.5. The van der Waals surface area contributed by atoms with Crippen molar-refractivity contribution in [3.63, 3.8) is 0 Å². The van der Waals surface area contributed by atoms with Crippen LogP contribution in [0.5, 0.6) is 0 Å². The van der Waals surface area contributed by atoms with Gasteiger partial charge in [0.15, 0.2) is 14.1 Å². The zero-order valence-electron chi connectivity index (χ0n) is 15.8. The highest BCUT2D eigenvalue weighted by Gasteiger charge is 2.50. The van der Waals surface area contributed by atoms with E-state index >= 15 is 0 Å². The van der Waals surface area contributed by atoms with Gasteiger partial charge >= 0.3 is 0 Å². The Bertz CT molecular complexity index is 425. The lowest BCUT2D eigenvalue weighted by atomic mass is 10.0. The average Bonchev–Trinajstić information content (AvgIpc) is 2.71. The van der Waals surface area contributed by atoms with E-state index < -0.39 is 26.3 Å². The van der Waals surface area contributed by atoms with Gasteiger partial charge in [0.25, 0.3) is 0 Å². The van der Waals surface area contributed by atoms with E-state index in [1.165, 1.54) is 0 Å². The van der Waals surface area contributed by atoms with Crippen molar-refractivity contribution in [2.24, 2.45) is 0 Å². The summed E-state index contributed by atoms with van der Waals surface area (Å²) in [4.78, 5) is 0. The molecule has 5 heteroatoms. The van der Waals surface area contributed by atoms with Gasteiger partial charge in [0.05, 0.1) is 12.2 Å². The maximum absolute atomic E-state index is 10.4. The summed E-state index contributed by atoms with van der Waals surface area (Å²) in [6.07, 6.45) is 2.07. The zero-order valence-corrected chi connectivity index (χ0v) is 16.8. The molecule has 0 bridgehead atoms. The second kappa shape index (κ2) is 7.19. The van der Waals surface area contributed by atoms with E-state index in [9.17, 15) is 5.11 Å². The van der Waals surface area contributed by atoms with Crippen LogP contribution in [-0.2, 0) is 13.9 Å². The van der Waals surface area contributed by atoms with Crippen molar-refractivity contribution in [3.05, 3.63) is 25.3 Å². The van der Waals surface area contributed by atoms with Crippen molar-refractivity contribution in [1.82, 2.24) is 0 Å². The molecule has 23 heavy (non-hydrogen) atoms. The van der Waals surface area contributed by atoms with E-state index in [-0.39, 0.29) is 17.2 Å². The zero-order chi connectivity index (χ0) is 18.1. The Morgan fingerprint density at radius 1 is 1.22 bits per heavy atom. The summed E-state index contributed by atoms with van der Waals surface area (Å²) in [5.41, 5.74) is 0. The molecular weight excluding hydrogens is 308 g/mol. The van der Waals surface area contributed by atoms with Crippen molar-refractivity contribution in [1.29, 1.82) is 0 Å². The van der Waals surface area contributed by atoms with Crippen LogP contribution in [0.2, 0.25) is 18.1 Å².